The number of rotatable bonds is 3. The molecule has 0 atom stereocenters. The fourth-order valence-corrected chi connectivity index (χ4v) is 3.41. The molecule has 19 heavy (non-hydrogen) atoms. The van der Waals surface area contributed by atoms with Gasteiger partial charge in [0.05, 0.1) is 5.56 Å². The smallest absolute Gasteiger partial charge is 0.335 e. The maximum atomic E-state index is 11.0. The van der Waals surface area contributed by atoms with Crippen molar-refractivity contribution in [2.75, 3.05) is 0 Å². The standard InChI is InChI=1S/C15H13BrO2S/c1-9-3-4-14(10(2)5-9)19-13-7-11(15(17)18)6-12(16)8-13/h3-8H,1-2H3,(H,17,18). The van der Waals surface area contributed by atoms with Gasteiger partial charge in [-0.25, -0.2) is 4.79 Å². The summed E-state index contributed by atoms with van der Waals surface area (Å²) >= 11 is 4.92. The van der Waals surface area contributed by atoms with Crippen LogP contribution in [0.4, 0.5) is 0 Å². The fraction of sp³-hybridized carbons (Fsp3) is 0.133. The van der Waals surface area contributed by atoms with Crippen LogP contribution in [-0.4, -0.2) is 11.1 Å². The van der Waals surface area contributed by atoms with Crippen LogP contribution in [0.25, 0.3) is 0 Å². The van der Waals surface area contributed by atoms with Gasteiger partial charge in [0.15, 0.2) is 0 Å². The minimum absolute atomic E-state index is 0.293. The van der Waals surface area contributed by atoms with Crippen molar-refractivity contribution in [3.63, 3.8) is 0 Å². The first-order valence-corrected chi connectivity index (χ1v) is 7.35. The van der Waals surface area contributed by atoms with E-state index in [4.69, 9.17) is 5.11 Å². The van der Waals surface area contributed by atoms with Crippen LogP contribution in [0.15, 0.2) is 50.7 Å². The molecule has 0 spiro atoms. The zero-order valence-corrected chi connectivity index (χ0v) is 13.0. The molecule has 2 aromatic carbocycles. The van der Waals surface area contributed by atoms with Gasteiger partial charge in [-0.3, -0.25) is 0 Å². The van der Waals surface area contributed by atoms with Crippen molar-refractivity contribution >= 4 is 33.7 Å². The van der Waals surface area contributed by atoms with E-state index in [1.165, 1.54) is 11.1 Å². The highest BCUT2D eigenvalue weighted by Crippen LogP contribution is 2.33. The number of benzene rings is 2. The molecule has 4 heteroatoms. The van der Waals surface area contributed by atoms with Crippen molar-refractivity contribution in [1.29, 1.82) is 0 Å². The normalized spacial score (nSPS) is 10.5. The lowest BCUT2D eigenvalue weighted by atomic mass is 10.2. The van der Waals surface area contributed by atoms with E-state index in [-0.39, 0.29) is 0 Å². The molecule has 2 nitrogen and oxygen atoms in total. The van der Waals surface area contributed by atoms with E-state index >= 15 is 0 Å². The molecule has 0 amide bonds. The fourth-order valence-electron chi connectivity index (χ4n) is 1.79. The third kappa shape index (κ3) is 3.61. The summed E-state index contributed by atoms with van der Waals surface area (Å²) in [6.07, 6.45) is 0. The van der Waals surface area contributed by atoms with E-state index in [0.29, 0.717) is 5.56 Å². The molecule has 2 aromatic rings. The quantitative estimate of drug-likeness (QED) is 0.864. The second-order valence-corrected chi connectivity index (χ2v) is 6.38. The summed E-state index contributed by atoms with van der Waals surface area (Å²) in [5.74, 6) is -0.913. The van der Waals surface area contributed by atoms with Gasteiger partial charge >= 0.3 is 5.97 Å². The number of aromatic carboxylic acids is 1. The number of carboxylic acid groups (broad SMARTS) is 1. The largest absolute Gasteiger partial charge is 0.478 e. The van der Waals surface area contributed by atoms with Crippen LogP contribution in [0.2, 0.25) is 0 Å². The van der Waals surface area contributed by atoms with Crippen LogP contribution in [0.5, 0.6) is 0 Å². The molecule has 0 aliphatic heterocycles. The Morgan fingerprint density at radius 1 is 1.16 bits per heavy atom. The van der Waals surface area contributed by atoms with Crippen LogP contribution >= 0.6 is 27.7 Å². The van der Waals surface area contributed by atoms with Gasteiger partial charge in [-0.05, 0) is 43.7 Å². The van der Waals surface area contributed by atoms with Gasteiger partial charge in [0.1, 0.15) is 0 Å². The summed E-state index contributed by atoms with van der Waals surface area (Å²) in [4.78, 5) is 13.1. The highest BCUT2D eigenvalue weighted by Gasteiger charge is 2.08. The Kier molecular flexibility index (Phi) is 4.32. The van der Waals surface area contributed by atoms with Crippen LogP contribution in [0.3, 0.4) is 0 Å². The lowest BCUT2D eigenvalue weighted by molar-refractivity contribution is 0.0696. The van der Waals surface area contributed by atoms with Gasteiger partial charge in [0.25, 0.3) is 0 Å². The van der Waals surface area contributed by atoms with Gasteiger partial charge in [-0.2, -0.15) is 0 Å². The molecule has 0 aliphatic rings. The van der Waals surface area contributed by atoms with Gasteiger partial charge in [0, 0.05) is 14.3 Å². The first kappa shape index (κ1) is 14.2. The molecule has 0 aromatic heterocycles. The Morgan fingerprint density at radius 3 is 2.53 bits per heavy atom. The minimum Gasteiger partial charge on any atom is -0.478 e. The van der Waals surface area contributed by atoms with Crippen LogP contribution in [0.1, 0.15) is 21.5 Å². The monoisotopic (exact) mass is 336 g/mol. The highest BCUT2D eigenvalue weighted by molar-refractivity contribution is 9.10. The van der Waals surface area contributed by atoms with Crippen molar-refractivity contribution in [2.45, 2.75) is 23.6 Å². The summed E-state index contributed by atoms with van der Waals surface area (Å²) in [5, 5.41) is 9.06. The number of carboxylic acids is 1. The molecule has 98 valence electrons. The molecule has 2 rings (SSSR count). The molecule has 0 radical (unpaired) electrons. The maximum absolute atomic E-state index is 11.0. The molecule has 0 saturated heterocycles. The summed E-state index contributed by atoms with van der Waals surface area (Å²) in [6.45, 7) is 4.12. The minimum atomic E-state index is -0.913. The van der Waals surface area contributed by atoms with E-state index in [2.05, 4.69) is 48.0 Å². The molecule has 0 saturated carbocycles. The first-order valence-electron chi connectivity index (χ1n) is 5.75. The SMILES string of the molecule is Cc1ccc(Sc2cc(Br)cc(C(=O)O)c2)c(C)c1. The van der Waals surface area contributed by atoms with Crippen LogP contribution in [0, 0.1) is 13.8 Å². The Balaban J connectivity index is 2.35. The van der Waals surface area contributed by atoms with E-state index in [0.717, 1.165) is 14.3 Å². The molecule has 0 bridgehead atoms. The second kappa shape index (κ2) is 5.80. The predicted molar refractivity (Wildman–Crippen MR) is 81.1 cm³/mol. The Labute approximate surface area is 125 Å². The summed E-state index contributed by atoms with van der Waals surface area (Å²) < 4.78 is 0.777. The van der Waals surface area contributed by atoms with Crippen molar-refractivity contribution in [3.8, 4) is 0 Å². The topological polar surface area (TPSA) is 37.3 Å². The van der Waals surface area contributed by atoms with Gasteiger partial charge in [-0.1, -0.05) is 45.4 Å². The van der Waals surface area contributed by atoms with Crippen LogP contribution in [-0.2, 0) is 0 Å². The van der Waals surface area contributed by atoms with Crippen molar-refractivity contribution in [3.05, 3.63) is 57.6 Å². The summed E-state index contributed by atoms with van der Waals surface area (Å²) in [5.41, 5.74) is 2.71. The Hall–Kier alpha value is -1.26. The zero-order chi connectivity index (χ0) is 14.0. The van der Waals surface area contributed by atoms with Gasteiger partial charge in [0.2, 0.25) is 0 Å². The molecular formula is C15H13BrO2S. The lowest BCUT2D eigenvalue weighted by Gasteiger charge is -2.08. The van der Waals surface area contributed by atoms with Gasteiger partial charge < -0.3 is 5.11 Å². The number of halogens is 1. The number of hydrogen-bond donors (Lipinski definition) is 1. The van der Waals surface area contributed by atoms with Crippen LogP contribution < -0.4 is 0 Å². The molecule has 1 N–H and O–H groups in total. The maximum Gasteiger partial charge on any atom is 0.335 e. The van der Waals surface area contributed by atoms with E-state index in [1.807, 2.05) is 6.07 Å². The van der Waals surface area contributed by atoms with Crippen molar-refractivity contribution < 1.29 is 9.90 Å². The number of aryl methyl sites for hydroxylation is 2. The van der Waals surface area contributed by atoms with Crippen molar-refractivity contribution in [1.82, 2.24) is 0 Å². The average molecular weight is 337 g/mol. The molecule has 0 heterocycles. The molecular weight excluding hydrogens is 324 g/mol. The molecule has 0 fully saturated rings. The van der Waals surface area contributed by atoms with E-state index in [9.17, 15) is 4.79 Å². The third-order valence-corrected chi connectivity index (χ3v) is 4.28. The third-order valence-electron chi connectivity index (χ3n) is 2.68. The van der Waals surface area contributed by atoms with Crippen molar-refractivity contribution in [2.24, 2.45) is 0 Å². The van der Waals surface area contributed by atoms with Gasteiger partial charge in [-0.15, -0.1) is 0 Å². The number of hydrogen-bond acceptors (Lipinski definition) is 2. The van der Waals surface area contributed by atoms with E-state index in [1.54, 1.807) is 23.9 Å². The zero-order valence-electron chi connectivity index (χ0n) is 10.6. The highest BCUT2D eigenvalue weighted by atomic mass is 79.9. The number of carbonyl (C=O) groups is 1. The Morgan fingerprint density at radius 2 is 1.89 bits per heavy atom. The molecule has 0 aliphatic carbocycles. The first-order chi connectivity index (χ1) is 8.95. The Bertz CT molecular complexity index is 638. The molecule has 0 unspecified atom stereocenters. The second-order valence-electron chi connectivity index (χ2n) is 4.35. The summed E-state index contributed by atoms with van der Waals surface area (Å²) in [7, 11) is 0. The van der Waals surface area contributed by atoms with E-state index < -0.39 is 5.97 Å². The summed E-state index contributed by atoms with van der Waals surface area (Å²) in [6, 6.07) is 11.5. The predicted octanol–water partition coefficient (Wildman–Crippen LogP) is 4.92. The average Bonchev–Trinajstić information content (AvgIpc) is 2.32. The lowest BCUT2D eigenvalue weighted by Crippen LogP contribution is -1.96.